The van der Waals surface area contributed by atoms with E-state index in [0.29, 0.717) is 11.0 Å². The predicted octanol–water partition coefficient (Wildman–Crippen LogP) is 2.45. The van der Waals surface area contributed by atoms with Crippen LogP contribution in [0.5, 0.6) is 0 Å². The summed E-state index contributed by atoms with van der Waals surface area (Å²) in [6.45, 7) is 13.2. The van der Waals surface area contributed by atoms with Gasteiger partial charge in [0.15, 0.2) is 0 Å². The van der Waals surface area contributed by atoms with Gasteiger partial charge in [0.25, 0.3) is 0 Å². The predicted molar refractivity (Wildman–Crippen MR) is 69.6 cm³/mol. The van der Waals surface area contributed by atoms with Crippen LogP contribution in [-0.4, -0.2) is 48.1 Å². The van der Waals surface area contributed by atoms with E-state index in [1.807, 2.05) is 0 Å². The van der Waals surface area contributed by atoms with Gasteiger partial charge in [-0.1, -0.05) is 6.92 Å². The maximum atomic E-state index is 2.77. The number of hydrogen-bond donors (Lipinski definition) is 0. The normalized spacial score (nSPS) is 43.9. The Kier molecular flexibility index (Phi) is 2.67. The Morgan fingerprint density at radius 1 is 1.31 bits per heavy atom. The third-order valence-corrected chi connectivity index (χ3v) is 4.77. The van der Waals surface area contributed by atoms with Crippen molar-refractivity contribution in [2.24, 2.45) is 11.3 Å². The maximum Gasteiger partial charge on any atom is 0.0167 e. The smallest absolute Gasteiger partial charge is 0.0167 e. The summed E-state index contributed by atoms with van der Waals surface area (Å²) in [5, 5.41) is 0. The van der Waals surface area contributed by atoms with Gasteiger partial charge in [0.2, 0.25) is 0 Å². The minimum absolute atomic E-state index is 0.322. The fraction of sp³-hybridized carbons (Fsp3) is 1.00. The largest absolute Gasteiger partial charge is 0.309 e. The number of rotatable bonds is 2. The van der Waals surface area contributed by atoms with E-state index in [1.165, 1.54) is 13.0 Å². The first-order chi connectivity index (χ1) is 7.18. The molecule has 2 rings (SSSR count). The zero-order chi connectivity index (χ0) is 12.3. The molecule has 0 spiro atoms. The minimum atomic E-state index is 0.322. The molecule has 16 heavy (non-hydrogen) atoms. The van der Waals surface area contributed by atoms with Crippen molar-refractivity contribution in [3.8, 4) is 0 Å². The van der Waals surface area contributed by atoms with Crippen LogP contribution in [0.15, 0.2) is 0 Å². The van der Waals surface area contributed by atoms with Gasteiger partial charge in [-0.15, -0.1) is 0 Å². The van der Waals surface area contributed by atoms with E-state index in [0.717, 1.165) is 18.0 Å². The highest BCUT2D eigenvalue weighted by Gasteiger charge is 2.67. The molecule has 2 heteroatoms. The topological polar surface area (TPSA) is 6.48 Å². The average Bonchev–Trinajstić information content (AvgIpc) is 2.66. The summed E-state index contributed by atoms with van der Waals surface area (Å²) in [5.74, 6) is 0.840. The van der Waals surface area contributed by atoms with Crippen molar-refractivity contribution in [2.45, 2.75) is 58.7 Å². The monoisotopic (exact) mass is 224 g/mol. The van der Waals surface area contributed by atoms with E-state index >= 15 is 0 Å². The number of piperidine rings is 1. The van der Waals surface area contributed by atoms with Crippen LogP contribution in [0.4, 0.5) is 0 Å². The second-order valence-electron chi connectivity index (χ2n) is 7.41. The molecule has 2 nitrogen and oxygen atoms in total. The lowest BCUT2D eigenvalue weighted by atomic mass is 9.86. The first-order valence-corrected chi connectivity index (χ1v) is 6.61. The van der Waals surface area contributed by atoms with E-state index in [-0.39, 0.29) is 0 Å². The molecule has 0 bridgehead atoms. The summed E-state index contributed by atoms with van der Waals surface area (Å²) >= 11 is 0. The van der Waals surface area contributed by atoms with Gasteiger partial charge in [-0.3, -0.25) is 4.90 Å². The number of fused-ring (bicyclic) bond motifs is 1. The van der Waals surface area contributed by atoms with Gasteiger partial charge in [-0.05, 0) is 59.5 Å². The molecule has 1 aliphatic heterocycles. The standard InChI is InChI=1S/C14H28N2/c1-10-11(9-15(6)7)14(5)8-12(14)16(10)13(2,3)4/h10-12H,8-9H2,1-7H3/t10-,11?,12?,14?/m1/s1. The van der Waals surface area contributed by atoms with Gasteiger partial charge in [-0.2, -0.15) is 0 Å². The zero-order valence-corrected chi connectivity index (χ0v) is 12.0. The van der Waals surface area contributed by atoms with Crippen LogP contribution in [0.1, 0.15) is 41.0 Å². The van der Waals surface area contributed by atoms with Crippen LogP contribution >= 0.6 is 0 Å². The van der Waals surface area contributed by atoms with Crippen LogP contribution in [0.3, 0.4) is 0 Å². The molecule has 94 valence electrons. The van der Waals surface area contributed by atoms with E-state index in [9.17, 15) is 0 Å². The first kappa shape index (κ1) is 12.4. The van der Waals surface area contributed by atoms with Crippen LogP contribution in [0.2, 0.25) is 0 Å². The Labute approximate surface area is 101 Å². The average molecular weight is 224 g/mol. The molecule has 1 heterocycles. The highest BCUT2D eigenvalue weighted by molar-refractivity contribution is 5.20. The minimum Gasteiger partial charge on any atom is -0.309 e. The van der Waals surface area contributed by atoms with Crippen LogP contribution in [0.25, 0.3) is 0 Å². The van der Waals surface area contributed by atoms with Crippen molar-refractivity contribution < 1.29 is 0 Å². The summed E-state index contributed by atoms with van der Waals surface area (Å²) in [5.41, 5.74) is 0.917. The third kappa shape index (κ3) is 1.70. The highest BCUT2D eigenvalue weighted by atomic mass is 15.3. The molecule has 2 fully saturated rings. The maximum absolute atomic E-state index is 2.77. The molecule has 0 N–H and O–H groups in total. The summed E-state index contributed by atoms with van der Waals surface area (Å²) < 4.78 is 0. The summed E-state index contributed by atoms with van der Waals surface area (Å²) in [7, 11) is 4.40. The molecule has 4 atom stereocenters. The van der Waals surface area contributed by atoms with Crippen molar-refractivity contribution in [3.05, 3.63) is 0 Å². The molecule has 2 aliphatic rings. The van der Waals surface area contributed by atoms with Crippen molar-refractivity contribution in [3.63, 3.8) is 0 Å². The lowest BCUT2D eigenvalue weighted by Crippen LogP contribution is -2.48. The summed E-state index contributed by atoms with van der Waals surface area (Å²) in [6, 6.07) is 1.57. The Bertz CT molecular complexity index is 279. The van der Waals surface area contributed by atoms with Gasteiger partial charge < -0.3 is 4.90 Å². The molecule has 1 saturated carbocycles. The van der Waals surface area contributed by atoms with Crippen LogP contribution < -0.4 is 0 Å². The number of hydrogen-bond acceptors (Lipinski definition) is 2. The second kappa shape index (κ2) is 3.46. The molecule has 0 aromatic carbocycles. The molecule has 1 saturated heterocycles. The molecule has 0 aromatic heterocycles. The molecular formula is C14H28N2. The first-order valence-electron chi connectivity index (χ1n) is 6.61. The van der Waals surface area contributed by atoms with Crippen molar-refractivity contribution >= 4 is 0 Å². The van der Waals surface area contributed by atoms with Gasteiger partial charge >= 0.3 is 0 Å². The molecule has 1 aliphatic carbocycles. The van der Waals surface area contributed by atoms with E-state index in [4.69, 9.17) is 0 Å². The molecule has 0 radical (unpaired) electrons. The second-order valence-corrected chi connectivity index (χ2v) is 7.41. The van der Waals surface area contributed by atoms with Crippen molar-refractivity contribution in [2.75, 3.05) is 20.6 Å². The lowest BCUT2D eigenvalue weighted by molar-refractivity contribution is 0.0799. The number of likely N-dealkylation sites (tertiary alicyclic amines) is 1. The van der Waals surface area contributed by atoms with Crippen molar-refractivity contribution in [1.82, 2.24) is 9.80 Å². The van der Waals surface area contributed by atoms with E-state index in [1.54, 1.807) is 0 Å². The zero-order valence-electron chi connectivity index (χ0n) is 12.0. The molecule has 0 amide bonds. The van der Waals surface area contributed by atoms with Crippen LogP contribution in [0, 0.1) is 11.3 Å². The Balaban J connectivity index is 2.18. The molecular weight excluding hydrogens is 196 g/mol. The van der Waals surface area contributed by atoms with Crippen molar-refractivity contribution in [1.29, 1.82) is 0 Å². The molecule has 3 unspecified atom stereocenters. The number of nitrogens with zero attached hydrogens (tertiary/aromatic N) is 2. The molecule has 0 aromatic rings. The highest BCUT2D eigenvalue weighted by Crippen LogP contribution is 2.64. The van der Waals surface area contributed by atoms with Gasteiger partial charge in [-0.25, -0.2) is 0 Å². The van der Waals surface area contributed by atoms with Crippen LogP contribution in [-0.2, 0) is 0 Å². The Morgan fingerprint density at radius 3 is 2.25 bits per heavy atom. The lowest BCUT2D eigenvalue weighted by Gasteiger charge is -2.40. The summed E-state index contributed by atoms with van der Waals surface area (Å²) in [6.07, 6.45) is 1.41. The SMILES string of the molecule is C[C@@H]1C(CN(C)C)C2(C)CC2N1C(C)(C)C. The fourth-order valence-electron chi connectivity index (χ4n) is 4.03. The fourth-order valence-corrected chi connectivity index (χ4v) is 4.03. The quantitative estimate of drug-likeness (QED) is 0.711. The summed E-state index contributed by atoms with van der Waals surface area (Å²) in [4.78, 5) is 5.12. The van der Waals surface area contributed by atoms with Gasteiger partial charge in [0, 0.05) is 24.2 Å². The van der Waals surface area contributed by atoms with E-state index in [2.05, 4.69) is 58.5 Å². The Hall–Kier alpha value is -0.0800. The van der Waals surface area contributed by atoms with E-state index < -0.39 is 0 Å². The third-order valence-electron chi connectivity index (χ3n) is 4.77. The Morgan fingerprint density at radius 2 is 1.88 bits per heavy atom. The van der Waals surface area contributed by atoms with Gasteiger partial charge in [0.05, 0.1) is 0 Å². The van der Waals surface area contributed by atoms with Gasteiger partial charge in [0.1, 0.15) is 0 Å².